The van der Waals surface area contributed by atoms with Gasteiger partial charge >= 0.3 is 0 Å². The van der Waals surface area contributed by atoms with Gasteiger partial charge in [0, 0.05) is 26.8 Å². The van der Waals surface area contributed by atoms with Gasteiger partial charge in [-0.15, -0.1) is 0 Å². The molecule has 0 saturated carbocycles. The fraction of sp³-hybridized carbons (Fsp3) is 0.261. The molecule has 128 valence electrons. The van der Waals surface area contributed by atoms with Gasteiger partial charge in [0.25, 0.3) is 0 Å². The van der Waals surface area contributed by atoms with E-state index in [9.17, 15) is 4.39 Å². The summed E-state index contributed by atoms with van der Waals surface area (Å²) in [7, 11) is 1.90. The maximum Gasteiger partial charge on any atom is 0.212 e. The largest absolute Gasteiger partial charge is 0.212 e. The molecule has 0 aliphatic rings. The van der Waals surface area contributed by atoms with Crippen LogP contribution in [0.4, 0.5) is 4.39 Å². The number of halogens is 1. The fourth-order valence-corrected chi connectivity index (χ4v) is 3.00. The van der Waals surface area contributed by atoms with Crippen LogP contribution in [0.3, 0.4) is 0 Å². The van der Waals surface area contributed by atoms with Gasteiger partial charge in [0.05, 0.1) is 0 Å². The zero-order chi connectivity index (χ0) is 23.9. The molecule has 1 nitrogen and oxygen atoms in total. The molecule has 25 heavy (non-hydrogen) atoms. The highest BCUT2D eigenvalue weighted by atomic mass is 19.1. The molecule has 0 fully saturated rings. The molecule has 0 aliphatic carbocycles. The topological polar surface area (TPSA) is 3.88 Å². The van der Waals surface area contributed by atoms with Crippen molar-refractivity contribution >= 4 is 0 Å². The van der Waals surface area contributed by atoms with E-state index in [0.29, 0.717) is 5.56 Å². The fourth-order valence-electron chi connectivity index (χ4n) is 3.00. The van der Waals surface area contributed by atoms with Crippen molar-refractivity contribution in [3.63, 3.8) is 0 Å². The molecule has 0 N–H and O–H groups in total. The number of nitrogens with zero attached hydrogens (tertiary/aromatic N) is 1. The SMILES string of the molecule is [2H]C([2H])([2H])C([2H])(Cc1cc(-c2ccc(-c3ccccc3C)[n+](C)c2)ccc1F)C([2H])([2H])[2H]. The van der Waals surface area contributed by atoms with Crippen LogP contribution in [0.25, 0.3) is 22.4 Å². The van der Waals surface area contributed by atoms with Crippen molar-refractivity contribution in [2.75, 3.05) is 0 Å². The molecular weight excluding hydrogens is 309 g/mol. The first kappa shape index (κ1) is 10.5. The van der Waals surface area contributed by atoms with Crippen LogP contribution in [0.5, 0.6) is 0 Å². The first-order chi connectivity index (χ1) is 14.7. The van der Waals surface area contributed by atoms with E-state index in [1.54, 1.807) is 6.07 Å². The monoisotopic (exact) mass is 341 g/mol. The van der Waals surface area contributed by atoms with Gasteiger partial charge in [0.15, 0.2) is 6.20 Å². The predicted octanol–water partition coefficient (Wildman–Crippen LogP) is 5.49. The average Bonchev–Trinajstić information content (AvgIpc) is 2.68. The summed E-state index contributed by atoms with van der Waals surface area (Å²) in [5.74, 6) is -3.56. The van der Waals surface area contributed by atoms with E-state index in [1.165, 1.54) is 12.1 Å². The van der Waals surface area contributed by atoms with Gasteiger partial charge in [-0.2, -0.15) is 0 Å². The molecule has 0 atom stereocenters. The van der Waals surface area contributed by atoms with E-state index >= 15 is 0 Å². The molecule has 1 aromatic heterocycles. The van der Waals surface area contributed by atoms with E-state index in [4.69, 9.17) is 9.60 Å². The predicted molar refractivity (Wildman–Crippen MR) is 102 cm³/mol. The third-order valence-electron chi connectivity index (χ3n) is 4.30. The van der Waals surface area contributed by atoms with Gasteiger partial charge in [0.2, 0.25) is 5.69 Å². The van der Waals surface area contributed by atoms with Crippen LogP contribution in [0.2, 0.25) is 0 Å². The summed E-state index contributed by atoms with van der Waals surface area (Å²) in [6.45, 7) is -4.19. The molecule has 3 rings (SSSR count). The molecule has 1 heterocycles. The minimum Gasteiger partial charge on any atom is -0.207 e. The summed E-state index contributed by atoms with van der Waals surface area (Å²) in [6.07, 6.45) is 1.12. The van der Waals surface area contributed by atoms with Gasteiger partial charge in [-0.05, 0) is 60.2 Å². The average molecular weight is 342 g/mol. The van der Waals surface area contributed by atoms with E-state index < -0.39 is 31.8 Å². The lowest BCUT2D eigenvalue weighted by Crippen LogP contribution is -2.30. The molecule has 3 aromatic rings. The van der Waals surface area contributed by atoms with Crippen LogP contribution in [0.15, 0.2) is 60.8 Å². The van der Waals surface area contributed by atoms with Gasteiger partial charge < -0.3 is 0 Å². The Balaban J connectivity index is 2.02. The number of aryl methyl sites for hydroxylation is 2. The lowest BCUT2D eigenvalue weighted by Gasteiger charge is -2.10. The van der Waals surface area contributed by atoms with Crippen molar-refractivity contribution in [3.05, 3.63) is 77.7 Å². The summed E-state index contributed by atoms with van der Waals surface area (Å²) >= 11 is 0. The molecular formula is C23H25FN+. The Bertz CT molecular complexity index is 1120. The second-order valence-electron chi connectivity index (χ2n) is 6.19. The van der Waals surface area contributed by atoms with Crippen LogP contribution in [0, 0.1) is 18.6 Å². The molecule has 0 saturated heterocycles. The van der Waals surface area contributed by atoms with Crippen LogP contribution in [0.1, 0.15) is 34.4 Å². The molecule has 0 amide bonds. The Morgan fingerprint density at radius 1 is 1.08 bits per heavy atom. The minimum absolute atomic E-state index is 0.115. The smallest absolute Gasteiger partial charge is 0.207 e. The molecule has 0 unspecified atom stereocenters. The highest BCUT2D eigenvalue weighted by Gasteiger charge is 2.14. The molecule has 0 aliphatic heterocycles. The molecule has 0 spiro atoms. The van der Waals surface area contributed by atoms with Crippen LogP contribution in [-0.2, 0) is 13.5 Å². The Kier molecular flexibility index (Phi) is 3.02. The Labute approximate surface area is 159 Å². The second kappa shape index (κ2) is 7.18. The van der Waals surface area contributed by atoms with E-state index in [2.05, 4.69) is 0 Å². The van der Waals surface area contributed by atoms with E-state index in [1.807, 2.05) is 61.1 Å². The number of rotatable bonds is 4. The highest BCUT2D eigenvalue weighted by molar-refractivity contribution is 5.66. The van der Waals surface area contributed by atoms with E-state index in [-0.39, 0.29) is 5.56 Å². The molecule has 0 radical (unpaired) electrons. The highest BCUT2D eigenvalue weighted by Crippen LogP contribution is 2.25. The number of hydrogen-bond acceptors (Lipinski definition) is 0. The van der Waals surface area contributed by atoms with Crippen LogP contribution in [-0.4, -0.2) is 0 Å². The third kappa shape index (κ3) is 3.79. The van der Waals surface area contributed by atoms with Crippen molar-refractivity contribution in [2.45, 2.75) is 27.0 Å². The standard InChI is InChI=1S/C23H25FN/c1-16(2)13-20-14-18(9-11-22(20)24)19-10-12-23(25(4)15-19)21-8-6-5-7-17(21)3/h5-12,14-16H,13H2,1-4H3/q+1/i1D3,2D3,16D. The molecule has 0 bridgehead atoms. The summed E-state index contributed by atoms with van der Waals surface area (Å²) < 4.78 is 70.2. The maximum atomic E-state index is 14.5. The normalized spacial score (nSPS) is 16.7. The maximum absolute atomic E-state index is 14.5. The summed E-state index contributed by atoms with van der Waals surface area (Å²) in [4.78, 5) is 0. The second-order valence-corrected chi connectivity index (χ2v) is 6.19. The Hall–Kier alpha value is -2.48. The van der Waals surface area contributed by atoms with Crippen molar-refractivity contribution in [3.8, 4) is 22.4 Å². The van der Waals surface area contributed by atoms with Crippen molar-refractivity contribution in [2.24, 2.45) is 12.9 Å². The summed E-state index contributed by atoms with van der Waals surface area (Å²) in [5.41, 5.74) is 4.44. The van der Waals surface area contributed by atoms with E-state index in [0.717, 1.165) is 22.4 Å². The number of benzene rings is 2. The van der Waals surface area contributed by atoms with Gasteiger partial charge in [-0.25, -0.2) is 8.96 Å². The van der Waals surface area contributed by atoms with Crippen LogP contribution < -0.4 is 4.57 Å². The summed E-state index contributed by atoms with van der Waals surface area (Å²) in [6, 6.07) is 16.0. The first-order valence-electron chi connectivity index (χ1n) is 11.6. The van der Waals surface area contributed by atoms with Gasteiger partial charge in [0.1, 0.15) is 12.9 Å². The summed E-state index contributed by atoms with van der Waals surface area (Å²) in [5, 5.41) is 0. The Morgan fingerprint density at radius 3 is 2.56 bits per heavy atom. The lowest BCUT2D eigenvalue weighted by molar-refractivity contribution is -0.659. The number of aromatic nitrogens is 1. The number of pyridine rings is 1. The van der Waals surface area contributed by atoms with Crippen LogP contribution >= 0.6 is 0 Å². The molecule has 2 aromatic carbocycles. The van der Waals surface area contributed by atoms with Gasteiger partial charge in [-0.1, -0.05) is 38.0 Å². The minimum atomic E-state index is -3.11. The first-order valence-corrected chi connectivity index (χ1v) is 8.09. The zero-order valence-corrected chi connectivity index (χ0v) is 14.3. The third-order valence-corrected chi connectivity index (χ3v) is 4.30. The van der Waals surface area contributed by atoms with Crippen molar-refractivity contribution in [1.29, 1.82) is 0 Å². The molecule has 2 heteroatoms. The quantitative estimate of drug-likeness (QED) is 0.552. The zero-order valence-electron chi connectivity index (χ0n) is 21.3. The lowest BCUT2D eigenvalue weighted by atomic mass is 9.97. The van der Waals surface area contributed by atoms with Crippen molar-refractivity contribution < 1.29 is 18.6 Å². The Morgan fingerprint density at radius 2 is 1.84 bits per heavy atom. The van der Waals surface area contributed by atoms with Gasteiger partial charge in [-0.3, -0.25) is 0 Å². The van der Waals surface area contributed by atoms with Crippen molar-refractivity contribution in [1.82, 2.24) is 0 Å². The number of hydrogen-bond donors (Lipinski definition) is 0.